The third-order valence-electron chi connectivity index (χ3n) is 7.18. The van der Waals surface area contributed by atoms with Crippen molar-refractivity contribution in [2.45, 2.75) is 26.5 Å². The van der Waals surface area contributed by atoms with Crippen LogP contribution in [0.5, 0.6) is 0 Å². The van der Waals surface area contributed by atoms with E-state index in [0.29, 0.717) is 19.1 Å². The van der Waals surface area contributed by atoms with Gasteiger partial charge < -0.3 is 24.7 Å². The average Bonchev–Trinajstić information content (AvgIpc) is 2.95. The molecule has 3 aliphatic rings. The molecule has 9 heteroatoms. The van der Waals surface area contributed by atoms with Crippen molar-refractivity contribution in [2.24, 2.45) is 5.92 Å². The largest absolute Gasteiger partial charge is 0.385 e. The number of anilines is 2. The highest BCUT2D eigenvalue weighted by Gasteiger charge is 2.22. The molecule has 0 amide bonds. The van der Waals surface area contributed by atoms with Crippen molar-refractivity contribution < 1.29 is 9.47 Å². The molecule has 0 bridgehead atoms. The first-order valence-corrected chi connectivity index (χ1v) is 15.0. The van der Waals surface area contributed by atoms with E-state index < -0.39 is 0 Å². The molecular formula is C29H34N4O3S2. The summed E-state index contributed by atoms with van der Waals surface area (Å²) in [7, 11) is 0. The van der Waals surface area contributed by atoms with E-state index in [0.717, 1.165) is 75.1 Å². The third kappa shape index (κ3) is 5.92. The molecule has 2 aromatic carbocycles. The monoisotopic (exact) mass is 550 g/mol. The van der Waals surface area contributed by atoms with Gasteiger partial charge in [0.2, 0.25) is 5.56 Å². The second kappa shape index (κ2) is 11.8. The molecule has 2 N–H and O–H groups in total. The van der Waals surface area contributed by atoms with Crippen LogP contribution in [-0.4, -0.2) is 75.6 Å². The van der Waals surface area contributed by atoms with Crippen LogP contribution in [0.1, 0.15) is 6.92 Å². The van der Waals surface area contributed by atoms with Crippen molar-refractivity contribution in [1.82, 2.24) is 9.88 Å². The van der Waals surface area contributed by atoms with E-state index in [-0.39, 0.29) is 5.56 Å². The Kier molecular flexibility index (Phi) is 7.99. The van der Waals surface area contributed by atoms with Crippen LogP contribution in [0.2, 0.25) is 0 Å². The number of nitrogens with one attached hydrogen (secondary N) is 2. The molecule has 200 valence electrons. The number of fused-ring (bicyclic) bond motifs is 2. The molecule has 3 aromatic rings. The lowest BCUT2D eigenvalue weighted by molar-refractivity contribution is 0.0325. The highest BCUT2D eigenvalue weighted by Crippen LogP contribution is 2.52. The van der Waals surface area contributed by atoms with Crippen molar-refractivity contribution in [3.63, 3.8) is 0 Å². The van der Waals surface area contributed by atoms with Crippen LogP contribution >= 0.6 is 23.5 Å². The summed E-state index contributed by atoms with van der Waals surface area (Å²) in [4.78, 5) is 25.3. The van der Waals surface area contributed by atoms with Crippen molar-refractivity contribution >= 4 is 34.9 Å². The van der Waals surface area contributed by atoms with Gasteiger partial charge in [0.15, 0.2) is 0 Å². The maximum atomic E-state index is 12.6. The summed E-state index contributed by atoms with van der Waals surface area (Å²) in [5.41, 5.74) is 3.97. The van der Waals surface area contributed by atoms with Gasteiger partial charge in [-0.2, -0.15) is 0 Å². The lowest BCUT2D eigenvalue weighted by atomic mass is 10.1. The number of hydrogen-bond donors (Lipinski definition) is 2. The van der Waals surface area contributed by atoms with Gasteiger partial charge in [-0.1, -0.05) is 42.6 Å². The molecule has 1 unspecified atom stereocenters. The summed E-state index contributed by atoms with van der Waals surface area (Å²) in [6.45, 7) is 11.1. The third-order valence-corrected chi connectivity index (χ3v) is 9.77. The molecule has 1 atom stereocenters. The van der Waals surface area contributed by atoms with Crippen LogP contribution < -0.4 is 15.8 Å². The normalized spacial score (nSPS) is 18.5. The van der Waals surface area contributed by atoms with Gasteiger partial charge in [0.05, 0.1) is 32.1 Å². The number of morpholine rings is 2. The fraction of sp³-hybridized carbons (Fsp3) is 0.414. The Balaban J connectivity index is 1.17. The zero-order valence-electron chi connectivity index (χ0n) is 21.7. The van der Waals surface area contributed by atoms with E-state index in [1.807, 2.05) is 0 Å². The van der Waals surface area contributed by atoms with Gasteiger partial charge in [-0.15, -0.1) is 0 Å². The number of nitrogens with zero attached hydrogens (tertiary/aromatic N) is 2. The number of rotatable bonds is 7. The Morgan fingerprint density at radius 3 is 2.53 bits per heavy atom. The summed E-state index contributed by atoms with van der Waals surface area (Å²) in [6, 6.07) is 16.8. The highest BCUT2D eigenvalue weighted by molar-refractivity contribution is 8.05. The Hall–Kier alpha value is -2.43. The summed E-state index contributed by atoms with van der Waals surface area (Å²) >= 11 is 3.59. The van der Waals surface area contributed by atoms with Gasteiger partial charge in [0.25, 0.3) is 0 Å². The quantitative estimate of drug-likeness (QED) is 0.338. The Bertz CT molecular complexity index is 1340. The van der Waals surface area contributed by atoms with Crippen molar-refractivity contribution in [3.05, 3.63) is 58.9 Å². The van der Waals surface area contributed by atoms with Gasteiger partial charge in [-0.25, -0.2) is 0 Å². The number of pyridine rings is 1. The molecular weight excluding hydrogens is 516 g/mol. The zero-order valence-corrected chi connectivity index (χ0v) is 23.3. The number of hydrogen-bond acceptors (Lipinski definition) is 8. The molecule has 2 saturated heterocycles. The molecule has 0 aliphatic carbocycles. The number of aromatic amines is 1. The molecule has 2 fully saturated rings. The van der Waals surface area contributed by atoms with E-state index in [4.69, 9.17) is 9.47 Å². The van der Waals surface area contributed by atoms with Crippen molar-refractivity contribution in [2.75, 3.05) is 75.9 Å². The minimum absolute atomic E-state index is 0.0750. The van der Waals surface area contributed by atoms with E-state index in [9.17, 15) is 4.79 Å². The van der Waals surface area contributed by atoms with Crippen LogP contribution in [0.3, 0.4) is 0 Å². The maximum Gasteiger partial charge on any atom is 0.250 e. The van der Waals surface area contributed by atoms with Crippen LogP contribution in [0.15, 0.2) is 72.9 Å². The first-order valence-electron chi connectivity index (χ1n) is 13.4. The van der Waals surface area contributed by atoms with E-state index >= 15 is 0 Å². The van der Waals surface area contributed by atoms with Gasteiger partial charge in [0.1, 0.15) is 0 Å². The summed E-state index contributed by atoms with van der Waals surface area (Å²) in [5.74, 6) is 0.560. The molecule has 1 aromatic heterocycles. The first-order chi connectivity index (χ1) is 18.6. The fourth-order valence-electron chi connectivity index (χ4n) is 5.18. The molecule has 38 heavy (non-hydrogen) atoms. The number of aromatic nitrogens is 1. The fourth-order valence-corrected chi connectivity index (χ4v) is 7.60. The van der Waals surface area contributed by atoms with Gasteiger partial charge in [0, 0.05) is 81.9 Å². The van der Waals surface area contributed by atoms with Gasteiger partial charge in [-0.3, -0.25) is 9.69 Å². The molecule has 3 aliphatic heterocycles. The van der Waals surface area contributed by atoms with Crippen LogP contribution in [0.4, 0.5) is 11.4 Å². The predicted molar refractivity (Wildman–Crippen MR) is 155 cm³/mol. The number of ether oxygens (including phenoxy) is 2. The van der Waals surface area contributed by atoms with Gasteiger partial charge >= 0.3 is 0 Å². The van der Waals surface area contributed by atoms with Crippen molar-refractivity contribution in [3.8, 4) is 11.3 Å². The van der Waals surface area contributed by atoms with Crippen LogP contribution in [0, 0.1) is 5.92 Å². The summed E-state index contributed by atoms with van der Waals surface area (Å²) < 4.78 is 11.0. The molecule has 0 spiro atoms. The number of benzene rings is 2. The molecule has 6 rings (SSSR count). The molecule has 0 saturated carbocycles. The SMILES string of the molecule is CC(CNc1ccc2c(c1)Sc1cccc(-c3cc(N4CCOCC4)cc(=O)[nH]3)c1S2)CN1CCOCC1. The first kappa shape index (κ1) is 25.8. The Labute approximate surface area is 232 Å². The maximum absolute atomic E-state index is 12.6. The standard InChI is InChI=1S/C29H34N4O3S2/c1-20(19-32-7-11-35-12-8-32)18-30-21-5-6-25-27(15-21)37-26-4-2-3-23(29(26)38-25)24-16-22(17-28(34)31-24)33-9-13-36-14-10-33/h2-6,15-17,20,30H,7-14,18-19H2,1H3,(H,31,34). The summed E-state index contributed by atoms with van der Waals surface area (Å²) in [6.07, 6.45) is 0. The second-order valence-corrected chi connectivity index (χ2v) is 12.2. The van der Waals surface area contributed by atoms with Crippen LogP contribution in [-0.2, 0) is 9.47 Å². The van der Waals surface area contributed by atoms with Gasteiger partial charge in [-0.05, 0) is 36.2 Å². The second-order valence-electron chi connectivity index (χ2n) is 10.1. The Morgan fingerprint density at radius 2 is 1.71 bits per heavy atom. The molecule has 4 heterocycles. The average molecular weight is 551 g/mol. The lowest BCUT2D eigenvalue weighted by Gasteiger charge is -2.29. The number of H-pyrrole nitrogens is 1. The van der Waals surface area contributed by atoms with E-state index in [1.54, 1.807) is 29.6 Å². The smallest absolute Gasteiger partial charge is 0.250 e. The van der Waals surface area contributed by atoms with E-state index in [1.165, 1.54) is 19.6 Å². The highest BCUT2D eigenvalue weighted by atomic mass is 32.2. The zero-order chi connectivity index (χ0) is 25.9. The predicted octanol–water partition coefficient (Wildman–Crippen LogP) is 4.87. The molecule has 7 nitrogen and oxygen atoms in total. The van der Waals surface area contributed by atoms with Crippen molar-refractivity contribution in [1.29, 1.82) is 0 Å². The van der Waals surface area contributed by atoms with Crippen LogP contribution in [0.25, 0.3) is 11.3 Å². The Morgan fingerprint density at radius 1 is 0.921 bits per heavy atom. The molecule has 0 radical (unpaired) electrons. The summed E-state index contributed by atoms with van der Waals surface area (Å²) in [5, 5.41) is 3.66. The van der Waals surface area contributed by atoms with E-state index in [2.05, 4.69) is 69.5 Å². The topological polar surface area (TPSA) is 69.8 Å². The lowest BCUT2D eigenvalue weighted by Crippen LogP contribution is -2.40. The minimum Gasteiger partial charge on any atom is -0.385 e. The minimum atomic E-state index is -0.0750.